The maximum absolute atomic E-state index is 13.7. The summed E-state index contributed by atoms with van der Waals surface area (Å²) >= 11 is 0. The van der Waals surface area contributed by atoms with E-state index in [0.717, 1.165) is 12.1 Å². The number of sulfone groups is 1. The molecule has 1 atom stereocenters. The van der Waals surface area contributed by atoms with Crippen molar-refractivity contribution < 1.29 is 34.7 Å². The Labute approximate surface area is 243 Å². The summed E-state index contributed by atoms with van der Waals surface area (Å²) in [5.41, 5.74) is 0.415. The van der Waals surface area contributed by atoms with E-state index in [9.17, 15) is 30.0 Å². The molecule has 13 heteroatoms. The van der Waals surface area contributed by atoms with E-state index >= 15 is 0 Å². The number of ether oxygens (including phenoxy) is 1. The van der Waals surface area contributed by atoms with Crippen LogP contribution >= 0.6 is 0 Å². The monoisotopic (exact) mass is 621 g/mol. The number of anilines is 2. The highest BCUT2D eigenvalue weighted by molar-refractivity contribution is 7.92. The van der Waals surface area contributed by atoms with Gasteiger partial charge in [-0.1, -0.05) is 31.2 Å². The van der Waals surface area contributed by atoms with E-state index in [1.165, 1.54) is 24.3 Å². The molecular weight excluding hydrogens is 591 g/mol. The van der Waals surface area contributed by atoms with Gasteiger partial charge in [-0.2, -0.15) is 13.2 Å². The van der Waals surface area contributed by atoms with Crippen molar-refractivity contribution in [2.75, 3.05) is 40.8 Å². The van der Waals surface area contributed by atoms with Gasteiger partial charge in [0.2, 0.25) is 0 Å². The number of aromatic nitrogens is 1. The van der Waals surface area contributed by atoms with E-state index < -0.39 is 37.0 Å². The second-order valence-electron chi connectivity index (χ2n) is 10.5. The number of hydrogen-bond donors (Lipinski definition) is 1. The molecule has 0 unspecified atom stereocenters. The van der Waals surface area contributed by atoms with Gasteiger partial charge in [-0.15, -0.1) is 0 Å². The van der Waals surface area contributed by atoms with Crippen molar-refractivity contribution in [2.24, 2.45) is 0 Å². The van der Waals surface area contributed by atoms with Crippen LogP contribution in [0.3, 0.4) is 0 Å². The lowest BCUT2D eigenvalue weighted by molar-refractivity contribution is -0.137. The third kappa shape index (κ3) is 5.98. The molecule has 1 aromatic heterocycles. The second-order valence-corrected chi connectivity index (χ2v) is 14.5. The largest absolute Gasteiger partial charge is 0.493 e. The summed E-state index contributed by atoms with van der Waals surface area (Å²) in [5.74, 6) is 0.140. The van der Waals surface area contributed by atoms with Gasteiger partial charge in [-0.3, -0.25) is 4.72 Å². The van der Waals surface area contributed by atoms with Crippen molar-refractivity contribution in [3.8, 4) is 5.75 Å². The maximum Gasteiger partial charge on any atom is 0.416 e. The quantitative estimate of drug-likeness (QED) is 0.401. The van der Waals surface area contributed by atoms with Crippen molar-refractivity contribution in [1.82, 2.24) is 4.98 Å². The van der Waals surface area contributed by atoms with Crippen molar-refractivity contribution in [1.29, 1.82) is 0 Å². The highest BCUT2D eigenvalue weighted by Crippen LogP contribution is 2.48. The lowest BCUT2D eigenvalue weighted by Crippen LogP contribution is -2.42. The molecule has 42 heavy (non-hydrogen) atoms. The fraction of sp³-hybridized carbons (Fsp3) is 0.345. The van der Waals surface area contributed by atoms with Crippen molar-refractivity contribution in [2.45, 2.75) is 36.8 Å². The van der Waals surface area contributed by atoms with Crippen LogP contribution < -0.4 is 14.4 Å². The molecule has 2 aliphatic heterocycles. The number of nitrogens with one attached hydrogen (secondary N) is 1. The SMILES string of the molecule is C/C=C/c1cccc(NS(=O)(=O)c2ccc3c(c2)OCC[C@@]3(C)c2ccc(C(F)(F)F)cc2N2CCS(=O)(=O)CC2)n1. The van der Waals surface area contributed by atoms with Gasteiger partial charge in [0.05, 0.1) is 34.3 Å². The van der Waals surface area contributed by atoms with Crippen LogP contribution in [0.2, 0.25) is 0 Å². The molecule has 0 saturated carbocycles. The Bertz CT molecular complexity index is 1740. The first-order valence-corrected chi connectivity index (χ1v) is 16.6. The normalized spacial score (nSPS) is 20.6. The van der Waals surface area contributed by atoms with Crippen molar-refractivity contribution in [3.63, 3.8) is 0 Å². The molecule has 0 spiro atoms. The summed E-state index contributed by atoms with van der Waals surface area (Å²) in [7, 11) is -7.31. The molecule has 0 aliphatic carbocycles. The van der Waals surface area contributed by atoms with Gasteiger partial charge in [0.25, 0.3) is 10.0 Å². The number of pyridine rings is 1. The van der Waals surface area contributed by atoms with E-state index in [-0.39, 0.29) is 41.9 Å². The number of sulfonamides is 1. The summed E-state index contributed by atoms with van der Waals surface area (Å²) in [5, 5.41) is 0. The van der Waals surface area contributed by atoms with Crippen LogP contribution in [-0.2, 0) is 31.5 Å². The second kappa shape index (κ2) is 10.9. The molecule has 1 fully saturated rings. The van der Waals surface area contributed by atoms with Gasteiger partial charge in [0.15, 0.2) is 9.84 Å². The third-order valence-electron chi connectivity index (χ3n) is 7.67. The smallest absolute Gasteiger partial charge is 0.416 e. The van der Waals surface area contributed by atoms with Gasteiger partial charge in [0, 0.05) is 35.8 Å². The summed E-state index contributed by atoms with van der Waals surface area (Å²) in [6, 6.07) is 13.0. The standard InChI is InChI=1S/C29H30F3N3O5S2/c1-3-5-21-6-4-7-27(33-21)34-42(38,39)22-9-11-24-26(19-22)40-15-12-28(24,2)23-10-8-20(29(30,31)32)18-25(23)35-13-16-41(36,37)17-14-35/h3-11,18-19H,12-17H2,1-2H3,(H,33,34)/b5-3+/t28-/m0/s1. The molecule has 0 radical (unpaired) electrons. The molecule has 1 saturated heterocycles. The van der Waals surface area contributed by atoms with Gasteiger partial charge in [-0.25, -0.2) is 21.8 Å². The number of fused-ring (bicyclic) bond motifs is 1. The van der Waals surface area contributed by atoms with Crippen molar-refractivity contribution in [3.05, 3.63) is 83.1 Å². The van der Waals surface area contributed by atoms with Crippen LogP contribution in [0.1, 0.15) is 42.7 Å². The van der Waals surface area contributed by atoms with Gasteiger partial charge >= 0.3 is 6.18 Å². The van der Waals surface area contributed by atoms with Crippen LogP contribution in [0.15, 0.2) is 65.6 Å². The zero-order chi connectivity index (χ0) is 30.3. The molecular formula is C29H30F3N3O5S2. The first kappa shape index (κ1) is 29.9. The van der Waals surface area contributed by atoms with E-state index in [4.69, 9.17) is 4.74 Å². The molecule has 2 aliphatic rings. The number of benzene rings is 2. The zero-order valence-corrected chi connectivity index (χ0v) is 24.6. The predicted octanol–water partition coefficient (Wildman–Crippen LogP) is 5.26. The highest BCUT2D eigenvalue weighted by atomic mass is 32.2. The minimum Gasteiger partial charge on any atom is -0.493 e. The first-order chi connectivity index (χ1) is 19.7. The van der Waals surface area contributed by atoms with Crippen LogP contribution in [0.25, 0.3) is 6.08 Å². The molecule has 5 rings (SSSR count). The summed E-state index contributed by atoms with van der Waals surface area (Å²) in [6.45, 7) is 4.04. The Morgan fingerprint density at radius 1 is 1.05 bits per heavy atom. The Morgan fingerprint density at radius 3 is 2.45 bits per heavy atom. The minimum absolute atomic E-state index is 0.0578. The van der Waals surface area contributed by atoms with Crippen molar-refractivity contribution >= 4 is 37.4 Å². The Balaban J connectivity index is 1.54. The lowest BCUT2D eigenvalue weighted by atomic mass is 9.71. The number of rotatable bonds is 6. The Hall–Kier alpha value is -3.58. The highest BCUT2D eigenvalue weighted by Gasteiger charge is 2.40. The average molecular weight is 622 g/mol. The Morgan fingerprint density at radius 2 is 1.76 bits per heavy atom. The zero-order valence-electron chi connectivity index (χ0n) is 23.0. The van der Waals surface area contributed by atoms with Crippen LogP contribution in [0, 0.1) is 0 Å². The summed E-state index contributed by atoms with van der Waals surface area (Å²) in [6.07, 6.45) is -0.644. The molecule has 8 nitrogen and oxygen atoms in total. The molecule has 3 heterocycles. The summed E-state index contributed by atoms with van der Waals surface area (Å²) in [4.78, 5) is 5.91. The molecule has 1 N–H and O–H groups in total. The van der Waals surface area contributed by atoms with Crippen LogP contribution in [-0.4, -0.2) is 53.0 Å². The molecule has 3 aromatic rings. The van der Waals surface area contributed by atoms with E-state index in [1.807, 2.05) is 13.8 Å². The number of alkyl halides is 3. The molecule has 224 valence electrons. The molecule has 2 aromatic carbocycles. The van der Waals surface area contributed by atoms with E-state index in [2.05, 4.69) is 9.71 Å². The fourth-order valence-electron chi connectivity index (χ4n) is 5.38. The number of nitrogens with zero attached hydrogens (tertiary/aromatic N) is 2. The maximum atomic E-state index is 13.7. The average Bonchev–Trinajstić information content (AvgIpc) is 2.92. The molecule has 0 amide bonds. The van der Waals surface area contributed by atoms with E-state index in [0.29, 0.717) is 34.7 Å². The third-order valence-corrected chi connectivity index (χ3v) is 10.6. The Kier molecular flexibility index (Phi) is 7.77. The van der Waals surface area contributed by atoms with Gasteiger partial charge in [0.1, 0.15) is 11.6 Å². The van der Waals surface area contributed by atoms with Gasteiger partial charge < -0.3 is 9.64 Å². The predicted molar refractivity (Wildman–Crippen MR) is 155 cm³/mol. The topological polar surface area (TPSA) is 106 Å². The first-order valence-electron chi connectivity index (χ1n) is 13.3. The summed E-state index contributed by atoms with van der Waals surface area (Å²) < 4.78 is 100. The molecule has 0 bridgehead atoms. The number of allylic oxidation sites excluding steroid dienone is 1. The van der Waals surface area contributed by atoms with Crippen LogP contribution in [0.5, 0.6) is 5.75 Å². The number of halogens is 3. The minimum atomic E-state index is -4.58. The van der Waals surface area contributed by atoms with Gasteiger partial charge in [-0.05, 0) is 55.3 Å². The lowest BCUT2D eigenvalue weighted by Gasteiger charge is -2.40. The van der Waals surface area contributed by atoms with Crippen LogP contribution in [0.4, 0.5) is 24.7 Å². The fourth-order valence-corrected chi connectivity index (χ4v) is 7.60. The number of hydrogen-bond acceptors (Lipinski definition) is 7. The van der Waals surface area contributed by atoms with E-state index in [1.54, 1.807) is 35.3 Å².